The number of aliphatic imine (C=N–C) groups is 1. The average molecular weight is 307 g/mol. The molecular weight excluding hydrogens is 268 g/mol. The molecule has 0 saturated heterocycles. The van der Waals surface area contributed by atoms with Gasteiger partial charge < -0.3 is 5.32 Å². The maximum absolute atomic E-state index is 4.44. The molecular formula is C20H38N2. The normalized spacial score (nSPS) is 14.5. The zero-order valence-electron chi connectivity index (χ0n) is 14.9. The topological polar surface area (TPSA) is 24.4 Å². The van der Waals surface area contributed by atoms with Gasteiger partial charge in [-0.3, -0.25) is 4.99 Å². The lowest BCUT2D eigenvalue weighted by Crippen LogP contribution is -2.17. The van der Waals surface area contributed by atoms with Crippen molar-refractivity contribution >= 4 is 5.84 Å². The van der Waals surface area contributed by atoms with Crippen molar-refractivity contribution in [3.8, 4) is 0 Å². The van der Waals surface area contributed by atoms with Crippen LogP contribution in [0.3, 0.4) is 0 Å². The lowest BCUT2D eigenvalue weighted by Gasteiger charge is -2.02. The minimum atomic E-state index is 0.987. The smallest absolute Gasteiger partial charge is 0.0964 e. The Labute approximate surface area is 138 Å². The van der Waals surface area contributed by atoms with Crippen molar-refractivity contribution in [3.05, 3.63) is 12.2 Å². The van der Waals surface area contributed by atoms with Gasteiger partial charge in [-0.25, -0.2) is 0 Å². The zero-order valence-corrected chi connectivity index (χ0v) is 14.9. The Kier molecular flexibility index (Phi) is 13.2. The number of rotatable bonds is 15. The SMILES string of the molecule is CCCCCCCC/C=C/CCCCCCCC1=NCCN1. The highest BCUT2D eigenvalue weighted by Crippen LogP contribution is 2.10. The summed E-state index contributed by atoms with van der Waals surface area (Å²) in [6, 6.07) is 0. The van der Waals surface area contributed by atoms with Crippen molar-refractivity contribution in [3.63, 3.8) is 0 Å². The van der Waals surface area contributed by atoms with E-state index >= 15 is 0 Å². The Morgan fingerprint density at radius 2 is 1.41 bits per heavy atom. The number of nitrogens with zero attached hydrogens (tertiary/aromatic N) is 1. The standard InChI is InChI=1S/C20H38N2/c1-2-3-4-5-6-7-8-9-10-11-12-13-14-15-16-17-20-21-18-19-22-20/h9-10H,2-8,11-19H2,1H3,(H,21,22)/b10-9+. The molecule has 0 unspecified atom stereocenters. The Hall–Kier alpha value is -0.790. The molecule has 2 heteroatoms. The Morgan fingerprint density at radius 1 is 0.818 bits per heavy atom. The van der Waals surface area contributed by atoms with E-state index in [1.165, 1.54) is 89.3 Å². The van der Waals surface area contributed by atoms with E-state index in [0.29, 0.717) is 0 Å². The van der Waals surface area contributed by atoms with Gasteiger partial charge in [0.1, 0.15) is 0 Å². The fourth-order valence-electron chi connectivity index (χ4n) is 2.98. The molecule has 0 bridgehead atoms. The van der Waals surface area contributed by atoms with Crippen LogP contribution in [-0.4, -0.2) is 18.9 Å². The van der Waals surface area contributed by atoms with Gasteiger partial charge in [0.15, 0.2) is 0 Å². The number of hydrogen-bond donors (Lipinski definition) is 1. The fraction of sp³-hybridized carbons (Fsp3) is 0.850. The summed E-state index contributed by atoms with van der Waals surface area (Å²) in [6.07, 6.45) is 23.8. The van der Waals surface area contributed by atoms with Crippen LogP contribution in [0.15, 0.2) is 17.1 Å². The van der Waals surface area contributed by atoms with Crippen LogP contribution < -0.4 is 5.32 Å². The lowest BCUT2D eigenvalue weighted by atomic mass is 10.1. The van der Waals surface area contributed by atoms with E-state index in [-0.39, 0.29) is 0 Å². The van der Waals surface area contributed by atoms with Gasteiger partial charge in [0.25, 0.3) is 0 Å². The van der Waals surface area contributed by atoms with Crippen molar-refractivity contribution in [2.45, 2.75) is 96.8 Å². The van der Waals surface area contributed by atoms with E-state index in [1.54, 1.807) is 0 Å². The molecule has 1 heterocycles. The summed E-state index contributed by atoms with van der Waals surface area (Å²) in [5, 5.41) is 3.35. The molecule has 0 amide bonds. The van der Waals surface area contributed by atoms with Gasteiger partial charge in [0.2, 0.25) is 0 Å². The lowest BCUT2D eigenvalue weighted by molar-refractivity contribution is 0.609. The molecule has 0 aliphatic carbocycles. The number of unbranched alkanes of at least 4 members (excludes halogenated alkanes) is 11. The molecule has 0 spiro atoms. The molecule has 1 N–H and O–H groups in total. The van der Waals surface area contributed by atoms with Crippen LogP contribution in [0.4, 0.5) is 0 Å². The van der Waals surface area contributed by atoms with Gasteiger partial charge in [-0.05, 0) is 32.1 Å². The maximum atomic E-state index is 4.44. The zero-order chi connectivity index (χ0) is 15.7. The maximum Gasteiger partial charge on any atom is 0.0964 e. The summed E-state index contributed by atoms with van der Waals surface area (Å²) in [7, 11) is 0. The minimum absolute atomic E-state index is 0.987. The third kappa shape index (κ3) is 11.8. The highest BCUT2D eigenvalue weighted by Gasteiger charge is 2.03. The highest BCUT2D eigenvalue weighted by molar-refractivity contribution is 5.83. The summed E-state index contributed by atoms with van der Waals surface area (Å²) in [6.45, 7) is 4.32. The monoisotopic (exact) mass is 306 g/mol. The first-order valence-electron chi connectivity index (χ1n) is 9.85. The van der Waals surface area contributed by atoms with Crippen molar-refractivity contribution in [2.24, 2.45) is 4.99 Å². The molecule has 0 radical (unpaired) electrons. The summed E-state index contributed by atoms with van der Waals surface area (Å²) in [5.74, 6) is 1.25. The summed E-state index contributed by atoms with van der Waals surface area (Å²) in [4.78, 5) is 4.44. The van der Waals surface area contributed by atoms with Crippen molar-refractivity contribution in [1.29, 1.82) is 0 Å². The van der Waals surface area contributed by atoms with Crippen LogP contribution in [-0.2, 0) is 0 Å². The second-order valence-electron chi connectivity index (χ2n) is 6.59. The summed E-state index contributed by atoms with van der Waals surface area (Å²) >= 11 is 0. The molecule has 0 atom stereocenters. The molecule has 2 nitrogen and oxygen atoms in total. The Morgan fingerprint density at radius 3 is 2.00 bits per heavy atom. The van der Waals surface area contributed by atoms with Gasteiger partial charge in [-0.2, -0.15) is 0 Å². The van der Waals surface area contributed by atoms with Gasteiger partial charge in [0.05, 0.1) is 12.4 Å². The summed E-state index contributed by atoms with van der Waals surface area (Å²) in [5.41, 5.74) is 0. The van der Waals surface area contributed by atoms with Crippen molar-refractivity contribution in [1.82, 2.24) is 5.32 Å². The van der Waals surface area contributed by atoms with Crippen LogP contribution in [0.25, 0.3) is 0 Å². The van der Waals surface area contributed by atoms with Crippen LogP contribution >= 0.6 is 0 Å². The second-order valence-corrected chi connectivity index (χ2v) is 6.59. The highest BCUT2D eigenvalue weighted by atomic mass is 15.1. The molecule has 0 fully saturated rings. The summed E-state index contributed by atoms with van der Waals surface area (Å²) < 4.78 is 0. The minimum Gasteiger partial charge on any atom is -0.372 e. The van der Waals surface area contributed by atoms with Crippen molar-refractivity contribution < 1.29 is 0 Å². The predicted octanol–water partition coefficient (Wildman–Crippen LogP) is 6.03. The van der Waals surface area contributed by atoms with Gasteiger partial charge in [0, 0.05) is 13.0 Å². The average Bonchev–Trinajstić information content (AvgIpc) is 3.04. The van der Waals surface area contributed by atoms with Crippen LogP contribution in [0.5, 0.6) is 0 Å². The van der Waals surface area contributed by atoms with Gasteiger partial charge in [-0.15, -0.1) is 0 Å². The molecule has 1 rings (SSSR count). The molecule has 0 aromatic heterocycles. The quantitative estimate of drug-likeness (QED) is 0.290. The third-order valence-corrected chi connectivity index (χ3v) is 4.42. The first kappa shape index (κ1) is 19.3. The Balaban J connectivity index is 1.72. The van der Waals surface area contributed by atoms with Crippen LogP contribution in [0, 0.1) is 0 Å². The predicted molar refractivity (Wildman–Crippen MR) is 99.8 cm³/mol. The molecule has 0 saturated carbocycles. The van der Waals surface area contributed by atoms with E-state index in [2.05, 4.69) is 29.4 Å². The number of hydrogen-bond acceptors (Lipinski definition) is 2. The van der Waals surface area contributed by atoms with Gasteiger partial charge in [-0.1, -0.05) is 70.4 Å². The first-order chi connectivity index (χ1) is 10.9. The van der Waals surface area contributed by atoms with E-state index in [4.69, 9.17) is 0 Å². The molecule has 22 heavy (non-hydrogen) atoms. The molecule has 1 aliphatic rings. The van der Waals surface area contributed by atoms with E-state index in [9.17, 15) is 0 Å². The van der Waals surface area contributed by atoms with Crippen molar-refractivity contribution in [2.75, 3.05) is 13.1 Å². The number of nitrogens with one attached hydrogen (secondary N) is 1. The molecule has 1 aliphatic heterocycles. The largest absolute Gasteiger partial charge is 0.372 e. The van der Waals surface area contributed by atoms with Gasteiger partial charge >= 0.3 is 0 Å². The Bertz CT molecular complexity index is 294. The van der Waals surface area contributed by atoms with Crippen LogP contribution in [0.2, 0.25) is 0 Å². The molecule has 128 valence electrons. The van der Waals surface area contributed by atoms with E-state index < -0.39 is 0 Å². The molecule has 0 aromatic rings. The number of allylic oxidation sites excluding steroid dienone is 2. The first-order valence-corrected chi connectivity index (χ1v) is 9.85. The fourth-order valence-corrected chi connectivity index (χ4v) is 2.98. The van der Waals surface area contributed by atoms with E-state index in [1.807, 2.05) is 0 Å². The number of amidine groups is 1. The third-order valence-electron chi connectivity index (χ3n) is 4.42. The second kappa shape index (κ2) is 15.1. The van der Waals surface area contributed by atoms with E-state index in [0.717, 1.165) is 19.5 Å². The van der Waals surface area contributed by atoms with Crippen LogP contribution in [0.1, 0.15) is 96.8 Å². The molecule has 0 aromatic carbocycles.